The van der Waals surface area contributed by atoms with Gasteiger partial charge < -0.3 is 4.90 Å². The molecule has 2 nitrogen and oxygen atoms in total. The number of likely N-dealkylation sites (tertiary alicyclic amines) is 1. The highest BCUT2D eigenvalue weighted by Crippen LogP contribution is 2.28. The lowest BCUT2D eigenvalue weighted by Crippen LogP contribution is -2.43. The van der Waals surface area contributed by atoms with Crippen molar-refractivity contribution < 1.29 is 13.6 Å². The van der Waals surface area contributed by atoms with Gasteiger partial charge in [-0.3, -0.25) is 4.79 Å². The normalized spacial score (nSPS) is 20.3. The lowest BCUT2D eigenvalue weighted by atomic mass is 10.1. The van der Waals surface area contributed by atoms with Crippen molar-refractivity contribution in [2.45, 2.75) is 18.8 Å². The van der Waals surface area contributed by atoms with Crippen LogP contribution in [0.15, 0.2) is 24.8 Å². The molecule has 0 spiro atoms. The van der Waals surface area contributed by atoms with Gasteiger partial charge in [0, 0.05) is 31.5 Å². The summed E-state index contributed by atoms with van der Waals surface area (Å²) in [5, 5.41) is 0. The second kappa shape index (κ2) is 3.90. The summed E-state index contributed by atoms with van der Waals surface area (Å²) in [4.78, 5) is 12.8. The summed E-state index contributed by atoms with van der Waals surface area (Å²) in [6, 6.07) is 0. The molecule has 0 aromatic carbocycles. The molecule has 1 aliphatic heterocycles. The SMILES string of the molecule is C=CC(=C)C(=O)N1CCC(F)(F)CC1. The Hall–Kier alpha value is -1.19. The predicted molar refractivity (Wildman–Crippen MR) is 50.1 cm³/mol. The van der Waals surface area contributed by atoms with Gasteiger partial charge in [0.25, 0.3) is 11.8 Å². The van der Waals surface area contributed by atoms with E-state index in [9.17, 15) is 13.6 Å². The minimum atomic E-state index is -2.62. The molecule has 0 saturated carbocycles. The largest absolute Gasteiger partial charge is 0.338 e. The number of carbonyl (C=O) groups is 1. The number of carbonyl (C=O) groups excluding carboxylic acids is 1. The first-order valence-electron chi connectivity index (χ1n) is 4.45. The third-order valence-corrected chi connectivity index (χ3v) is 2.30. The molecule has 0 bridgehead atoms. The Labute approximate surface area is 81.9 Å². The Balaban J connectivity index is 2.54. The van der Waals surface area contributed by atoms with E-state index in [0.29, 0.717) is 0 Å². The van der Waals surface area contributed by atoms with E-state index in [2.05, 4.69) is 13.2 Å². The Kier molecular flexibility index (Phi) is 3.03. The van der Waals surface area contributed by atoms with Crippen LogP contribution in [0.25, 0.3) is 0 Å². The summed E-state index contributed by atoms with van der Waals surface area (Å²) in [7, 11) is 0. The standard InChI is InChI=1S/C10H13F2NO/c1-3-8(2)9(14)13-6-4-10(11,12)5-7-13/h3H,1-2,4-7H2. The Morgan fingerprint density at radius 3 is 2.29 bits per heavy atom. The van der Waals surface area contributed by atoms with Crippen LogP contribution in [0.4, 0.5) is 8.78 Å². The lowest BCUT2D eigenvalue weighted by molar-refractivity contribution is -0.132. The molecule has 0 aliphatic carbocycles. The van der Waals surface area contributed by atoms with Crippen molar-refractivity contribution >= 4 is 5.91 Å². The summed E-state index contributed by atoms with van der Waals surface area (Å²) in [5.41, 5.74) is 0.259. The van der Waals surface area contributed by atoms with E-state index in [0.717, 1.165) is 0 Å². The third kappa shape index (κ3) is 2.40. The van der Waals surface area contributed by atoms with E-state index in [4.69, 9.17) is 0 Å². The summed E-state index contributed by atoms with van der Waals surface area (Å²) >= 11 is 0. The van der Waals surface area contributed by atoms with Crippen LogP contribution in [0.3, 0.4) is 0 Å². The van der Waals surface area contributed by atoms with Crippen molar-refractivity contribution in [2.24, 2.45) is 0 Å². The van der Waals surface area contributed by atoms with Crippen molar-refractivity contribution in [2.75, 3.05) is 13.1 Å². The van der Waals surface area contributed by atoms with E-state index in [1.165, 1.54) is 11.0 Å². The number of nitrogens with zero attached hydrogens (tertiary/aromatic N) is 1. The summed E-state index contributed by atoms with van der Waals surface area (Å²) < 4.78 is 25.5. The highest BCUT2D eigenvalue weighted by atomic mass is 19.3. The number of rotatable bonds is 2. The average Bonchev–Trinajstić information content (AvgIpc) is 2.15. The van der Waals surface area contributed by atoms with Crippen molar-refractivity contribution in [3.63, 3.8) is 0 Å². The molecule has 1 saturated heterocycles. The number of piperidine rings is 1. The molecule has 0 atom stereocenters. The van der Waals surface area contributed by atoms with Crippen molar-refractivity contribution in [1.82, 2.24) is 4.90 Å². The first-order valence-corrected chi connectivity index (χ1v) is 4.45. The Bertz CT molecular complexity index is 263. The number of hydrogen-bond donors (Lipinski definition) is 0. The maximum Gasteiger partial charge on any atom is 0.253 e. The summed E-state index contributed by atoms with van der Waals surface area (Å²) in [6.07, 6.45) is 0.821. The summed E-state index contributed by atoms with van der Waals surface area (Å²) in [5.74, 6) is -2.91. The topological polar surface area (TPSA) is 20.3 Å². The van der Waals surface area contributed by atoms with Gasteiger partial charge >= 0.3 is 0 Å². The second-order valence-corrected chi connectivity index (χ2v) is 3.38. The van der Waals surface area contributed by atoms with Crippen LogP contribution in [0.5, 0.6) is 0 Å². The molecule has 1 fully saturated rings. The first-order chi connectivity index (χ1) is 6.46. The van der Waals surface area contributed by atoms with Crippen molar-refractivity contribution in [3.05, 3.63) is 24.8 Å². The molecule has 1 heterocycles. The molecule has 1 rings (SSSR count). The number of hydrogen-bond acceptors (Lipinski definition) is 1. The van der Waals surface area contributed by atoms with Gasteiger partial charge in [-0.2, -0.15) is 0 Å². The van der Waals surface area contributed by atoms with Crippen LogP contribution in [-0.4, -0.2) is 29.8 Å². The highest BCUT2D eigenvalue weighted by Gasteiger charge is 2.35. The molecule has 1 aliphatic rings. The van der Waals surface area contributed by atoms with Gasteiger partial charge in [0.15, 0.2) is 0 Å². The zero-order valence-electron chi connectivity index (χ0n) is 7.93. The molecule has 78 valence electrons. The fraction of sp³-hybridized carbons (Fsp3) is 0.500. The maximum atomic E-state index is 12.7. The van der Waals surface area contributed by atoms with Crippen molar-refractivity contribution in [3.8, 4) is 0 Å². The predicted octanol–water partition coefficient (Wildman–Crippen LogP) is 1.99. The quantitative estimate of drug-likeness (QED) is 0.494. The molecular formula is C10H13F2NO. The van der Waals surface area contributed by atoms with Crippen molar-refractivity contribution in [1.29, 1.82) is 0 Å². The zero-order valence-corrected chi connectivity index (χ0v) is 7.93. The van der Waals surface area contributed by atoms with E-state index < -0.39 is 5.92 Å². The van der Waals surface area contributed by atoms with Gasteiger partial charge in [-0.1, -0.05) is 19.2 Å². The van der Waals surface area contributed by atoms with Crippen LogP contribution in [-0.2, 0) is 4.79 Å². The minimum Gasteiger partial charge on any atom is -0.338 e. The molecule has 0 unspecified atom stereocenters. The molecule has 0 aromatic heterocycles. The molecule has 0 aromatic rings. The van der Waals surface area contributed by atoms with Crippen LogP contribution in [0.1, 0.15) is 12.8 Å². The number of halogens is 2. The average molecular weight is 201 g/mol. The minimum absolute atomic E-state index is 0.0959. The van der Waals surface area contributed by atoms with E-state index in [1.54, 1.807) is 0 Å². The van der Waals surface area contributed by atoms with Gasteiger partial charge in [-0.25, -0.2) is 8.78 Å². The summed E-state index contributed by atoms with van der Waals surface area (Å²) in [6.45, 7) is 7.09. The van der Waals surface area contributed by atoms with E-state index >= 15 is 0 Å². The van der Waals surface area contributed by atoms with Gasteiger partial charge in [0.05, 0.1) is 0 Å². The lowest BCUT2D eigenvalue weighted by Gasteiger charge is -2.31. The molecular weight excluding hydrogens is 188 g/mol. The molecule has 0 N–H and O–H groups in total. The van der Waals surface area contributed by atoms with E-state index in [-0.39, 0.29) is 37.4 Å². The van der Waals surface area contributed by atoms with E-state index in [1.807, 2.05) is 0 Å². The molecule has 14 heavy (non-hydrogen) atoms. The second-order valence-electron chi connectivity index (χ2n) is 3.38. The van der Waals surface area contributed by atoms with Gasteiger partial charge in [0.2, 0.25) is 0 Å². The van der Waals surface area contributed by atoms with Gasteiger partial charge in [-0.05, 0) is 0 Å². The fourth-order valence-corrected chi connectivity index (χ4v) is 1.33. The van der Waals surface area contributed by atoms with Crippen LogP contribution >= 0.6 is 0 Å². The Morgan fingerprint density at radius 1 is 1.36 bits per heavy atom. The number of amides is 1. The molecule has 0 radical (unpaired) electrons. The Morgan fingerprint density at radius 2 is 1.86 bits per heavy atom. The number of alkyl halides is 2. The molecule has 1 amide bonds. The monoisotopic (exact) mass is 201 g/mol. The maximum absolute atomic E-state index is 12.7. The molecule has 4 heteroatoms. The highest BCUT2D eigenvalue weighted by molar-refractivity contribution is 5.95. The van der Waals surface area contributed by atoms with Crippen LogP contribution < -0.4 is 0 Å². The fourth-order valence-electron chi connectivity index (χ4n) is 1.33. The van der Waals surface area contributed by atoms with Crippen LogP contribution in [0, 0.1) is 0 Å². The van der Waals surface area contributed by atoms with Gasteiger partial charge in [-0.15, -0.1) is 0 Å². The van der Waals surface area contributed by atoms with Gasteiger partial charge in [0.1, 0.15) is 0 Å². The van der Waals surface area contributed by atoms with Crippen LogP contribution in [0.2, 0.25) is 0 Å². The third-order valence-electron chi connectivity index (χ3n) is 2.30. The zero-order chi connectivity index (χ0) is 10.8. The first kappa shape index (κ1) is 10.9. The smallest absolute Gasteiger partial charge is 0.253 e.